The fourth-order valence-electron chi connectivity index (χ4n) is 0.979. The molecule has 0 unspecified atom stereocenters. The number of carboxylic acids is 1. The normalized spacial score (nSPS) is 11.9. The van der Waals surface area contributed by atoms with Crippen LogP contribution in [0.2, 0.25) is 0 Å². The second-order valence-corrected chi connectivity index (χ2v) is 3.80. The fraction of sp³-hybridized carbons (Fsp3) is 0.800. The molecule has 0 rings (SSSR count). The number of hydrogen-bond acceptors (Lipinski definition) is 3. The Morgan fingerprint density at radius 2 is 2.07 bits per heavy atom. The molecule has 0 saturated carbocycles. The Hall–Kier alpha value is -1.06. The number of hydrogen-bond donors (Lipinski definition) is 2. The van der Waals surface area contributed by atoms with Crippen LogP contribution in [-0.2, 0) is 4.79 Å². The zero-order chi connectivity index (χ0) is 11.0. The quantitative estimate of drug-likeness (QED) is 0.374. The van der Waals surface area contributed by atoms with E-state index in [-0.39, 0.29) is 5.71 Å². The SMILES string of the molecule is C/C(=N\NCCCCC(C)C)C(=O)O. The van der Waals surface area contributed by atoms with E-state index in [1.54, 1.807) is 0 Å². The third-order valence-corrected chi connectivity index (χ3v) is 1.88. The van der Waals surface area contributed by atoms with Gasteiger partial charge in [0.1, 0.15) is 5.71 Å². The summed E-state index contributed by atoms with van der Waals surface area (Å²) in [6.45, 7) is 6.61. The summed E-state index contributed by atoms with van der Waals surface area (Å²) < 4.78 is 0. The Kier molecular flexibility index (Phi) is 6.80. The lowest BCUT2D eigenvalue weighted by atomic mass is 10.1. The summed E-state index contributed by atoms with van der Waals surface area (Å²) >= 11 is 0. The number of carbonyl (C=O) groups is 1. The van der Waals surface area contributed by atoms with Gasteiger partial charge in [0.15, 0.2) is 0 Å². The first-order valence-electron chi connectivity index (χ1n) is 5.04. The maximum atomic E-state index is 10.3. The molecule has 82 valence electrons. The zero-order valence-corrected chi connectivity index (χ0v) is 9.21. The highest BCUT2D eigenvalue weighted by atomic mass is 16.4. The molecule has 0 fully saturated rings. The minimum Gasteiger partial charge on any atom is -0.477 e. The van der Waals surface area contributed by atoms with Crippen LogP contribution < -0.4 is 5.43 Å². The molecule has 2 N–H and O–H groups in total. The lowest BCUT2D eigenvalue weighted by Crippen LogP contribution is -2.16. The molecule has 0 aliphatic carbocycles. The Morgan fingerprint density at radius 3 is 2.57 bits per heavy atom. The van der Waals surface area contributed by atoms with Crippen LogP contribution in [0.1, 0.15) is 40.0 Å². The highest BCUT2D eigenvalue weighted by Crippen LogP contribution is 2.04. The molecule has 0 bridgehead atoms. The molecule has 0 aromatic rings. The first kappa shape index (κ1) is 12.9. The van der Waals surface area contributed by atoms with Crippen molar-refractivity contribution in [3.8, 4) is 0 Å². The van der Waals surface area contributed by atoms with Gasteiger partial charge in [-0.1, -0.05) is 26.7 Å². The minimum atomic E-state index is -0.973. The molecule has 0 aliphatic rings. The average Bonchev–Trinajstić information content (AvgIpc) is 2.09. The molecule has 4 heteroatoms. The van der Waals surface area contributed by atoms with E-state index in [0.717, 1.165) is 25.3 Å². The van der Waals surface area contributed by atoms with Gasteiger partial charge >= 0.3 is 5.97 Å². The van der Waals surface area contributed by atoms with Gasteiger partial charge in [-0.2, -0.15) is 5.10 Å². The summed E-state index contributed by atoms with van der Waals surface area (Å²) in [5, 5.41) is 12.2. The van der Waals surface area contributed by atoms with Gasteiger partial charge in [-0.05, 0) is 19.3 Å². The Morgan fingerprint density at radius 1 is 1.43 bits per heavy atom. The Balaban J connectivity index is 3.38. The molecule has 0 spiro atoms. The summed E-state index contributed by atoms with van der Waals surface area (Å²) in [4.78, 5) is 10.3. The summed E-state index contributed by atoms with van der Waals surface area (Å²) in [6.07, 6.45) is 3.41. The van der Waals surface area contributed by atoms with Gasteiger partial charge in [0.2, 0.25) is 0 Å². The van der Waals surface area contributed by atoms with Gasteiger partial charge in [0, 0.05) is 6.54 Å². The molecule has 0 aliphatic heterocycles. The van der Waals surface area contributed by atoms with Gasteiger partial charge in [-0.3, -0.25) is 0 Å². The minimum absolute atomic E-state index is 0.105. The largest absolute Gasteiger partial charge is 0.477 e. The molecule has 0 radical (unpaired) electrons. The number of aliphatic carboxylic acids is 1. The van der Waals surface area contributed by atoms with Crippen LogP contribution in [0.15, 0.2) is 5.10 Å². The number of unbranched alkanes of at least 4 members (excludes halogenated alkanes) is 1. The number of nitrogens with zero attached hydrogens (tertiary/aromatic N) is 1. The topological polar surface area (TPSA) is 61.7 Å². The van der Waals surface area contributed by atoms with E-state index in [9.17, 15) is 4.79 Å². The van der Waals surface area contributed by atoms with Gasteiger partial charge in [-0.15, -0.1) is 0 Å². The van der Waals surface area contributed by atoms with Crippen molar-refractivity contribution in [3.05, 3.63) is 0 Å². The van der Waals surface area contributed by atoms with E-state index >= 15 is 0 Å². The molecule has 0 aromatic heterocycles. The molecular weight excluding hydrogens is 180 g/mol. The molecule has 14 heavy (non-hydrogen) atoms. The van der Waals surface area contributed by atoms with Crippen LogP contribution in [0.4, 0.5) is 0 Å². The summed E-state index contributed by atoms with van der Waals surface area (Å²) in [5.74, 6) is -0.237. The van der Waals surface area contributed by atoms with Gasteiger partial charge < -0.3 is 10.5 Å². The highest BCUT2D eigenvalue weighted by Gasteiger charge is 1.99. The van der Waals surface area contributed by atoms with E-state index in [0.29, 0.717) is 0 Å². The summed E-state index contributed by atoms with van der Waals surface area (Å²) in [7, 11) is 0. The third-order valence-electron chi connectivity index (χ3n) is 1.88. The van der Waals surface area contributed by atoms with Crippen LogP contribution >= 0.6 is 0 Å². The predicted molar refractivity (Wildman–Crippen MR) is 57.4 cm³/mol. The Bertz CT molecular complexity index is 200. The molecule has 4 nitrogen and oxygen atoms in total. The highest BCUT2D eigenvalue weighted by molar-refractivity contribution is 6.34. The van der Waals surface area contributed by atoms with Crippen molar-refractivity contribution < 1.29 is 9.90 Å². The fourth-order valence-corrected chi connectivity index (χ4v) is 0.979. The van der Waals surface area contributed by atoms with Crippen molar-refractivity contribution in [2.45, 2.75) is 40.0 Å². The van der Waals surface area contributed by atoms with Gasteiger partial charge in [-0.25, -0.2) is 4.79 Å². The molecule has 0 atom stereocenters. The van der Waals surface area contributed by atoms with Crippen molar-refractivity contribution in [1.82, 2.24) is 5.43 Å². The third kappa shape index (κ3) is 7.58. The van der Waals surface area contributed by atoms with E-state index in [1.165, 1.54) is 13.3 Å². The Labute approximate surface area is 85.4 Å². The monoisotopic (exact) mass is 200 g/mol. The summed E-state index contributed by atoms with van der Waals surface area (Å²) in [6, 6.07) is 0. The van der Waals surface area contributed by atoms with Crippen molar-refractivity contribution >= 4 is 11.7 Å². The van der Waals surface area contributed by atoms with Crippen LogP contribution in [0, 0.1) is 5.92 Å². The molecule has 0 saturated heterocycles. The smallest absolute Gasteiger partial charge is 0.351 e. The van der Waals surface area contributed by atoms with Gasteiger partial charge in [0.25, 0.3) is 0 Å². The van der Waals surface area contributed by atoms with E-state index in [4.69, 9.17) is 5.11 Å². The van der Waals surface area contributed by atoms with Crippen LogP contribution in [0.5, 0.6) is 0 Å². The molecular formula is C10H20N2O2. The van der Waals surface area contributed by atoms with Crippen molar-refractivity contribution in [3.63, 3.8) is 0 Å². The van der Waals surface area contributed by atoms with Crippen LogP contribution in [0.25, 0.3) is 0 Å². The van der Waals surface area contributed by atoms with Crippen molar-refractivity contribution in [2.75, 3.05) is 6.54 Å². The molecule has 0 aromatic carbocycles. The van der Waals surface area contributed by atoms with Crippen molar-refractivity contribution in [2.24, 2.45) is 11.0 Å². The zero-order valence-electron chi connectivity index (χ0n) is 9.21. The first-order valence-corrected chi connectivity index (χ1v) is 5.04. The second-order valence-electron chi connectivity index (χ2n) is 3.80. The lowest BCUT2D eigenvalue weighted by Gasteiger charge is -2.04. The first-order chi connectivity index (χ1) is 6.54. The van der Waals surface area contributed by atoms with E-state index in [2.05, 4.69) is 24.4 Å². The molecule has 0 amide bonds. The standard InChI is InChI=1S/C10H20N2O2/c1-8(2)6-4-5-7-11-12-9(3)10(13)14/h8,11H,4-7H2,1-3H3,(H,13,14)/b12-9+. The number of carboxylic acid groups (broad SMARTS) is 1. The summed E-state index contributed by atoms with van der Waals surface area (Å²) in [5.41, 5.74) is 2.85. The van der Waals surface area contributed by atoms with Gasteiger partial charge in [0.05, 0.1) is 0 Å². The van der Waals surface area contributed by atoms with E-state index < -0.39 is 5.97 Å². The van der Waals surface area contributed by atoms with E-state index in [1.807, 2.05) is 0 Å². The molecule has 0 heterocycles. The average molecular weight is 200 g/mol. The predicted octanol–water partition coefficient (Wildman–Crippen LogP) is 1.86. The maximum absolute atomic E-state index is 10.3. The number of hydrazone groups is 1. The lowest BCUT2D eigenvalue weighted by molar-refractivity contribution is -0.129. The number of nitrogens with one attached hydrogen (secondary N) is 1. The van der Waals surface area contributed by atoms with Crippen molar-refractivity contribution in [1.29, 1.82) is 0 Å². The number of rotatable bonds is 7. The maximum Gasteiger partial charge on any atom is 0.351 e. The second kappa shape index (κ2) is 7.35. The van der Waals surface area contributed by atoms with Crippen LogP contribution in [0.3, 0.4) is 0 Å². The van der Waals surface area contributed by atoms with Crippen LogP contribution in [-0.4, -0.2) is 23.3 Å².